The molecule has 0 aromatic rings. The average molecular weight is 202 g/mol. The quantitative estimate of drug-likeness (QED) is 0.410. The number of halogens is 1. The Morgan fingerprint density at radius 1 is 1.31 bits per heavy atom. The average Bonchev–Trinajstić information content (AvgIpc) is 2.20. The van der Waals surface area contributed by atoms with Crippen molar-refractivity contribution in [1.29, 1.82) is 0 Å². The van der Waals surface area contributed by atoms with Crippen LogP contribution in [-0.4, -0.2) is 19.0 Å². The fraction of sp³-hybridized carbons (Fsp3) is 0.818. The first-order valence-electron chi connectivity index (χ1n) is 5.21. The highest BCUT2D eigenvalue weighted by Crippen LogP contribution is 2.36. The van der Waals surface area contributed by atoms with Gasteiger partial charge in [0.1, 0.15) is 0 Å². The standard InChI is InChI=1S/C11H20ClN/c1-2-8-13-10-11(9-12)6-4-3-5-7-11/h2,13H,1,3-10H2. The van der Waals surface area contributed by atoms with Gasteiger partial charge in [-0.05, 0) is 18.3 Å². The molecule has 0 unspecified atom stereocenters. The molecule has 1 aliphatic rings. The molecule has 2 heteroatoms. The van der Waals surface area contributed by atoms with E-state index in [-0.39, 0.29) is 0 Å². The highest BCUT2D eigenvalue weighted by molar-refractivity contribution is 6.18. The van der Waals surface area contributed by atoms with Crippen molar-refractivity contribution < 1.29 is 0 Å². The molecule has 0 amide bonds. The first kappa shape index (κ1) is 11.1. The van der Waals surface area contributed by atoms with Crippen molar-refractivity contribution in [1.82, 2.24) is 5.32 Å². The Hall–Kier alpha value is -0.0100. The lowest BCUT2D eigenvalue weighted by atomic mass is 9.75. The van der Waals surface area contributed by atoms with E-state index in [9.17, 15) is 0 Å². The Kier molecular flexibility index (Phi) is 4.82. The number of hydrogen-bond acceptors (Lipinski definition) is 1. The summed E-state index contributed by atoms with van der Waals surface area (Å²) in [6, 6.07) is 0. The normalized spacial score (nSPS) is 21.3. The summed E-state index contributed by atoms with van der Waals surface area (Å²) >= 11 is 6.05. The van der Waals surface area contributed by atoms with Gasteiger partial charge in [-0.2, -0.15) is 0 Å². The first-order chi connectivity index (χ1) is 6.33. The SMILES string of the molecule is C=CCNCC1(CCl)CCCCC1. The van der Waals surface area contributed by atoms with Crippen molar-refractivity contribution >= 4 is 11.6 Å². The zero-order valence-electron chi connectivity index (χ0n) is 8.32. The number of hydrogen-bond donors (Lipinski definition) is 1. The summed E-state index contributed by atoms with van der Waals surface area (Å²) < 4.78 is 0. The number of nitrogens with one attached hydrogen (secondary N) is 1. The summed E-state index contributed by atoms with van der Waals surface area (Å²) in [5.74, 6) is 0.803. The van der Waals surface area contributed by atoms with Gasteiger partial charge in [0.05, 0.1) is 0 Å². The van der Waals surface area contributed by atoms with E-state index >= 15 is 0 Å². The molecule has 0 radical (unpaired) electrons. The molecule has 0 saturated heterocycles. The third kappa shape index (κ3) is 3.32. The van der Waals surface area contributed by atoms with Crippen LogP contribution in [0.25, 0.3) is 0 Å². The molecule has 1 nitrogen and oxygen atoms in total. The van der Waals surface area contributed by atoms with Crippen LogP contribution in [0.4, 0.5) is 0 Å². The molecule has 76 valence electrons. The van der Waals surface area contributed by atoms with E-state index in [0.717, 1.165) is 19.0 Å². The highest BCUT2D eigenvalue weighted by Gasteiger charge is 2.30. The third-order valence-corrected chi connectivity index (χ3v) is 3.55. The Labute approximate surface area is 86.5 Å². The van der Waals surface area contributed by atoms with Crippen molar-refractivity contribution in [3.63, 3.8) is 0 Å². The van der Waals surface area contributed by atoms with Gasteiger partial charge >= 0.3 is 0 Å². The minimum Gasteiger partial charge on any atom is -0.313 e. The lowest BCUT2D eigenvalue weighted by Crippen LogP contribution is -2.37. The molecule has 1 aliphatic carbocycles. The fourth-order valence-electron chi connectivity index (χ4n) is 2.10. The van der Waals surface area contributed by atoms with Crippen molar-refractivity contribution in [3.05, 3.63) is 12.7 Å². The van der Waals surface area contributed by atoms with Crippen LogP contribution in [0.5, 0.6) is 0 Å². The maximum Gasteiger partial charge on any atom is 0.0292 e. The van der Waals surface area contributed by atoms with Crippen molar-refractivity contribution in [2.24, 2.45) is 5.41 Å². The maximum atomic E-state index is 6.05. The molecule has 0 bridgehead atoms. The minimum atomic E-state index is 0.378. The number of alkyl halides is 1. The van der Waals surface area contributed by atoms with E-state index < -0.39 is 0 Å². The van der Waals surface area contributed by atoms with Crippen LogP contribution < -0.4 is 5.32 Å². The summed E-state index contributed by atoms with van der Waals surface area (Å²) in [6.45, 7) is 5.66. The summed E-state index contributed by atoms with van der Waals surface area (Å²) in [5.41, 5.74) is 0.378. The van der Waals surface area contributed by atoms with E-state index in [1.54, 1.807) is 0 Å². The smallest absolute Gasteiger partial charge is 0.0292 e. The van der Waals surface area contributed by atoms with Crippen molar-refractivity contribution in [2.45, 2.75) is 32.1 Å². The fourth-order valence-corrected chi connectivity index (χ4v) is 2.46. The molecule has 13 heavy (non-hydrogen) atoms. The summed E-state index contributed by atoms with van der Waals surface area (Å²) in [6.07, 6.45) is 8.58. The minimum absolute atomic E-state index is 0.378. The van der Waals surface area contributed by atoms with Gasteiger partial charge in [0.15, 0.2) is 0 Å². The van der Waals surface area contributed by atoms with Crippen LogP contribution >= 0.6 is 11.6 Å². The van der Waals surface area contributed by atoms with Gasteiger partial charge in [0, 0.05) is 19.0 Å². The lowest BCUT2D eigenvalue weighted by molar-refractivity contribution is 0.215. The first-order valence-corrected chi connectivity index (χ1v) is 5.74. The predicted octanol–water partition coefficient (Wildman–Crippen LogP) is 2.95. The molecule has 1 saturated carbocycles. The molecule has 0 aromatic heterocycles. The van der Waals surface area contributed by atoms with Crippen LogP contribution in [0, 0.1) is 5.41 Å². The Balaban J connectivity index is 2.33. The van der Waals surface area contributed by atoms with E-state index in [1.807, 2.05) is 6.08 Å². The van der Waals surface area contributed by atoms with Gasteiger partial charge in [0.25, 0.3) is 0 Å². The second-order valence-corrected chi connectivity index (χ2v) is 4.38. The Bertz CT molecular complexity index is 150. The third-order valence-electron chi connectivity index (χ3n) is 2.99. The van der Waals surface area contributed by atoms with Gasteiger partial charge < -0.3 is 5.32 Å². The van der Waals surface area contributed by atoms with Crippen LogP contribution in [0.2, 0.25) is 0 Å². The van der Waals surface area contributed by atoms with Crippen LogP contribution in [-0.2, 0) is 0 Å². The van der Waals surface area contributed by atoms with Gasteiger partial charge in [-0.25, -0.2) is 0 Å². The van der Waals surface area contributed by atoms with Crippen LogP contribution in [0.3, 0.4) is 0 Å². The largest absolute Gasteiger partial charge is 0.313 e. The summed E-state index contributed by atoms with van der Waals surface area (Å²) in [4.78, 5) is 0. The van der Waals surface area contributed by atoms with E-state index in [4.69, 9.17) is 11.6 Å². The van der Waals surface area contributed by atoms with Crippen molar-refractivity contribution in [2.75, 3.05) is 19.0 Å². The molecule has 1 rings (SSSR count). The molecule has 1 fully saturated rings. The monoisotopic (exact) mass is 201 g/mol. The van der Waals surface area contributed by atoms with Gasteiger partial charge in [-0.3, -0.25) is 0 Å². The molecular formula is C11H20ClN. The second kappa shape index (κ2) is 5.66. The second-order valence-electron chi connectivity index (χ2n) is 4.11. The topological polar surface area (TPSA) is 12.0 Å². The van der Waals surface area contributed by atoms with E-state index in [2.05, 4.69) is 11.9 Å². The van der Waals surface area contributed by atoms with E-state index in [1.165, 1.54) is 32.1 Å². The Morgan fingerprint density at radius 3 is 2.54 bits per heavy atom. The van der Waals surface area contributed by atoms with Crippen molar-refractivity contribution in [3.8, 4) is 0 Å². The molecule has 0 spiro atoms. The molecule has 0 aliphatic heterocycles. The number of rotatable bonds is 5. The maximum absolute atomic E-state index is 6.05. The predicted molar refractivity (Wildman–Crippen MR) is 59.3 cm³/mol. The zero-order chi connectivity index (χ0) is 9.57. The van der Waals surface area contributed by atoms with Gasteiger partial charge in [-0.15, -0.1) is 18.2 Å². The van der Waals surface area contributed by atoms with Crippen LogP contribution in [0.1, 0.15) is 32.1 Å². The summed E-state index contributed by atoms with van der Waals surface area (Å²) in [5, 5.41) is 3.39. The zero-order valence-corrected chi connectivity index (χ0v) is 9.08. The molecule has 0 atom stereocenters. The molecule has 0 aromatic carbocycles. The van der Waals surface area contributed by atoms with Gasteiger partial charge in [0.2, 0.25) is 0 Å². The van der Waals surface area contributed by atoms with Gasteiger partial charge in [-0.1, -0.05) is 25.3 Å². The molecule has 0 heterocycles. The van der Waals surface area contributed by atoms with E-state index in [0.29, 0.717) is 5.41 Å². The Morgan fingerprint density at radius 2 is 2.00 bits per heavy atom. The summed E-state index contributed by atoms with van der Waals surface area (Å²) in [7, 11) is 0. The molecule has 1 N–H and O–H groups in total. The van der Waals surface area contributed by atoms with Crippen LogP contribution in [0.15, 0.2) is 12.7 Å². The molecular weight excluding hydrogens is 182 g/mol. The highest BCUT2D eigenvalue weighted by atomic mass is 35.5. The lowest BCUT2D eigenvalue weighted by Gasteiger charge is -2.35.